The molecule has 0 bridgehead atoms. The van der Waals surface area contributed by atoms with Crippen molar-refractivity contribution in [1.82, 2.24) is 15.1 Å². The number of nitrogens with one attached hydrogen (secondary N) is 1. The lowest BCUT2D eigenvalue weighted by atomic mass is 10.2. The van der Waals surface area contributed by atoms with E-state index in [1.807, 2.05) is 20.8 Å². The highest BCUT2D eigenvalue weighted by Crippen LogP contribution is 2.11. The molecule has 1 aliphatic heterocycles. The van der Waals surface area contributed by atoms with Gasteiger partial charge in [-0.3, -0.25) is 0 Å². The topological polar surface area (TPSA) is 61.9 Å². The molecule has 1 heterocycles. The molecule has 1 saturated heterocycles. The van der Waals surface area contributed by atoms with Crippen LogP contribution in [0.5, 0.6) is 0 Å². The van der Waals surface area contributed by atoms with Gasteiger partial charge in [0.05, 0.1) is 0 Å². The van der Waals surface area contributed by atoms with Gasteiger partial charge >= 0.3 is 12.1 Å². The number of ether oxygens (including phenoxy) is 1. The normalized spacial score (nSPS) is 16.0. The number of carbonyl (C=O) groups is 2. The van der Waals surface area contributed by atoms with Crippen molar-refractivity contribution in [1.29, 1.82) is 0 Å². The van der Waals surface area contributed by atoms with Crippen LogP contribution < -0.4 is 5.32 Å². The van der Waals surface area contributed by atoms with Gasteiger partial charge in [0.2, 0.25) is 0 Å². The SMILES string of the molecule is CCCCNC(=O)N1CCN(C(=O)OC(C)(C)C)CC1. The summed E-state index contributed by atoms with van der Waals surface area (Å²) in [6, 6.07) is -0.0395. The Balaban J connectivity index is 2.32. The summed E-state index contributed by atoms with van der Waals surface area (Å²) in [7, 11) is 0. The minimum absolute atomic E-state index is 0.0395. The molecule has 1 N–H and O–H groups in total. The quantitative estimate of drug-likeness (QED) is 0.807. The van der Waals surface area contributed by atoms with Crippen molar-refractivity contribution in [3.05, 3.63) is 0 Å². The monoisotopic (exact) mass is 285 g/mol. The molecule has 0 aromatic carbocycles. The Labute approximate surface area is 121 Å². The van der Waals surface area contributed by atoms with Crippen LogP contribution in [0.3, 0.4) is 0 Å². The Kier molecular flexibility index (Phi) is 6.10. The molecule has 3 amide bonds. The van der Waals surface area contributed by atoms with Gasteiger partial charge < -0.3 is 19.9 Å². The summed E-state index contributed by atoms with van der Waals surface area (Å²) in [6.45, 7) is 10.5. The molecule has 20 heavy (non-hydrogen) atoms. The molecule has 0 saturated carbocycles. The van der Waals surface area contributed by atoms with E-state index in [4.69, 9.17) is 4.74 Å². The van der Waals surface area contributed by atoms with E-state index in [1.54, 1.807) is 9.80 Å². The van der Waals surface area contributed by atoms with Crippen molar-refractivity contribution in [2.24, 2.45) is 0 Å². The Morgan fingerprint density at radius 3 is 2.15 bits per heavy atom. The zero-order valence-electron chi connectivity index (χ0n) is 13.1. The lowest BCUT2D eigenvalue weighted by Crippen LogP contribution is -2.54. The van der Waals surface area contributed by atoms with Gasteiger partial charge in [0.15, 0.2) is 0 Å². The molecule has 6 nitrogen and oxygen atoms in total. The van der Waals surface area contributed by atoms with Gasteiger partial charge in [-0.2, -0.15) is 0 Å². The zero-order valence-corrected chi connectivity index (χ0v) is 13.1. The summed E-state index contributed by atoms with van der Waals surface area (Å²) < 4.78 is 5.32. The molecule has 116 valence electrons. The van der Waals surface area contributed by atoms with E-state index in [-0.39, 0.29) is 12.1 Å². The van der Waals surface area contributed by atoms with Crippen molar-refractivity contribution < 1.29 is 14.3 Å². The molecule has 6 heteroatoms. The highest BCUT2D eigenvalue weighted by Gasteiger charge is 2.27. The molecule has 0 radical (unpaired) electrons. The van der Waals surface area contributed by atoms with Gasteiger partial charge in [-0.25, -0.2) is 9.59 Å². The van der Waals surface area contributed by atoms with Crippen LogP contribution in [0, 0.1) is 0 Å². The van der Waals surface area contributed by atoms with Crippen molar-refractivity contribution in [3.8, 4) is 0 Å². The number of rotatable bonds is 3. The van der Waals surface area contributed by atoms with E-state index in [9.17, 15) is 9.59 Å². The van der Waals surface area contributed by atoms with Crippen LogP contribution in [0.15, 0.2) is 0 Å². The number of hydrogen-bond donors (Lipinski definition) is 1. The Bertz CT molecular complexity index is 331. The van der Waals surface area contributed by atoms with Crippen LogP contribution in [-0.2, 0) is 4.74 Å². The minimum Gasteiger partial charge on any atom is -0.444 e. The van der Waals surface area contributed by atoms with Crippen molar-refractivity contribution in [2.45, 2.75) is 46.1 Å². The van der Waals surface area contributed by atoms with Gasteiger partial charge in [-0.05, 0) is 27.2 Å². The third-order valence-corrected chi connectivity index (χ3v) is 3.03. The standard InChI is InChI=1S/C14H27N3O3/c1-5-6-7-15-12(18)16-8-10-17(11-9-16)13(19)20-14(2,3)4/h5-11H2,1-4H3,(H,15,18). The number of hydrogen-bond acceptors (Lipinski definition) is 3. The first-order chi connectivity index (χ1) is 9.33. The van der Waals surface area contributed by atoms with E-state index >= 15 is 0 Å². The predicted molar refractivity (Wildman–Crippen MR) is 77.7 cm³/mol. The molecule has 1 aliphatic rings. The summed E-state index contributed by atoms with van der Waals surface area (Å²) in [5.74, 6) is 0. The first-order valence-electron chi connectivity index (χ1n) is 7.34. The molecule has 0 unspecified atom stereocenters. The van der Waals surface area contributed by atoms with Gasteiger partial charge in [-0.15, -0.1) is 0 Å². The average Bonchev–Trinajstić information content (AvgIpc) is 2.37. The van der Waals surface area contributed by atoms with E-state index in [0.717, 1.165) is 12.8 Å². The highest BCUT2D eigenvalue weighted by atomic mass is 16.6. The molecule has 0 aliphatic carbocycles. The summed E-state index contributed by atoms with van der Waals surface area (Å²) >= 11 is 0. The van der Waals surface area contributed by atoms with Crippen LogP contribution in [0.1, 0.15) is 40.5 Å². The zero-order chi connectivity index (χ0) is 15.2. The van der Waals surface area contributed by atoms with Gasteiger partial charge in [-0.1, -0.05) is 13.3 Å². The molecular weight excluding hydrogens is 258 g/mol. The Morgan fingerprint density at radius 2 is 1.65 bits per heavy atom. The maximum Gasteiger partial charge on any atom is 0.410 e. The number of carbonyl (C=O) groups excluding carboxylic acids is 2. The number of urea groups is 1. The largest absolute Gasteiger partial charge is 0.444 e. The molecular formula is C14H27N3O3. The first kappa shape index (κ1) is 16.6. The summed E-state index contributed by atoms with van der Waals surface area (Å²) in [5, 5.41) is 2.89. The van der Waals surface area contributed by atoms with Gasteiger partial charge in [0, 0.05) is 32.7 Å². The van der Waals surface area contributed by atoms with Crippen LogP contribution in [0.4, 0.5) is 9.59 Å². The van der Waals surface area contributed by atoms with Crippen molar-refractivity contribution in [2.75, 3.05) is 32.7 Å². The maximum absolute atomic E-state index is 11.9. The lowest BCUT2D eigenvalue weighted by Gasteiger charge is -2.35. The van der Waals surface area contributed by atoms with E-state index in [0.29, 0.717) is 32.7 Å². The summed E-state index contributed by atoms with van der Waals surface area (Å²) in [4.78, 5) is 27.1. The Hall–Kier alpha value is -1.46. The number of amides is 3. The molecule has 1 rings (SSSR count). The van der Waals surface area contributed by atoms with Crippen LogP contribution in [-0.4, -0.2) is 60.2 Å². The van der Waals surface area contributed by atoms with Crippen molar-refractivity contribution in [3.63, 3.8) is 0 Å². The predicted octanol–water partition coefficient (Wildman–Crippen LogP) is 2.05. The fraction of sp³-hybridized carbons (Fsp3) is 0.857. The van der Waals surface area contributed by atoms with E-state index < -0.39 is 5.60 Å². The third-order valence-electron chi connectivity index (χ3n) is 3.03. The van der Waals surface area contributed by atoms with Crippen LogP contribution in [0.2, 0.25) is 0 Å². The van der Waals surface area contributed by atoms with Gasteiger partial charge in [0.25, 0.3) is 0 Å². The van der Waals surface area contributed by atoms with E-state index in [1.165, 1.54) is 0 Å². The smallest absolute Gasteiger partial charge is 0.410 e. The van der Waals surface area contributed by atoms with Crippen LogP contribution >= 0.6 is 0 Å². The lowest BCUT2D eigenvalue weighted by molar-refractivity contribution is 0.0170. The molecule has 1 fully saturated rings. The molecule has 0 atom stereocenters. The van der Waals surface area contributed by atoms with Crippen LogP contribution in [0.25, 0.3) is 0 Å². The summed E-state index contributed by atoms with van der Waals surface area (Å²) in [5.41, 5.74) is -0.480. The molecule has 0 aromatic rings. The fourth-order valence-corrected chi connectivity index (χ4v) is 1.90. The Morgan fingerprint density at radius 1 is 1.10 bits per heavy atom. The van der Waals surface area contributed by atoms with Crippen molar-refractivity contribution >= 4 is 12.1 Å². The minimum atomic E-state index is -0.480. The summed E-state index contributed by atoms with van der Waals surface area (Å²) in [6.07, 6.45) is 1.75. The number of unbranched alkanes of at least 4 members (excludes halogenated alkanes) is 1. The third kappa shape index (κ3) is 5.67. The molecule has 0 spiro atoms. The second kappa shape index (κ2) is 7.36. The van der Waals surface area contributed by atoms with Gasteiger partial charge in [0.1, 0.15) is 5.60 Å². The first-order valence-corrected chi connectivity index (χ1v) is 7.34. The number of nitrogens with zero attached hydrogens (tertiary/aromatic N) is 2. The van der Waals surface area contributed by atoms with E-state index in [2.05, 4.69) is 12.2 Å². The molecule has 0 aromatic heterocycles. The highest BCUT2D eigenvalue weighted by molar-refractivity contribution is 5.75. The average molecular weight is 285 g/mol. The maximum atomic E-state index is 11.9. The fourth-order valence-electron chi connectivity index (χ4n) is 1.90. The second-order valence-corrected chi connectivity index (χ2v) is 6.04. The second-order valence-electron chi connectivity index (χ2n) is 6.04. The number of piperazine rings is 1.